The van der Waals surface area contributed by atoms with E-state index in [9.17, 15) is 0 Å². The zero-order valence-corrected chi connectivity index (χ0v) is 13.1. The third kappa shape index (κ3) is 6.01. The van der Waals surface area contributed by atoms with E-state index in [-0.39, 0.29) is 6.10 Å². The fourth-order valence-corrected chi connectivity index (χ4v) is 1.45. The van der Waals surface area contributed by atoms with Gasteiger partial charge in [0.25, 0.3) is 0 Å². The monoisotopic (exact) mass is 282 g/mol. The number of anilines is 2. The van der Waals surface area contributed by atoms with Gasteiger partial charge in [-0.25, -0.2) is 0 Å². The molecule has 0 atom stereocenters. The van der Waals surface area contributed by atoms with Crippen LogP contribution in [0.25, 0.3) is 0 Å². The van der Waals surface area contributed by atoms with Crippen molar-refractivity contribution in [3.63, 3.8) is 0 Å². The first-order chi connectivity index (χ1) is 9.55. The van der Waals surface area contributed by atoms with Crippen molar-refractivity contribution < 1.29 is 4.74 Å². The molecule has 114 valence electrons. The molecule has 1 heterocycles. The number of nitrogens with one attached hydrogen (secondary N) is 2. The molecule has 7 heteroatoms. The highest BCUT2D eigenvalue weighted by Crippen LogP contribution is 2.12. The summed E-state index contributed by atoms with van der Waals surface area (Å²) < 4.78 is 5.54. The fraction of sp³-hybridized carbons (Fsp3) is 0.769. The molecule has 0 aliphatic heterocycles. The van der Waals surface area contributed by atoms with Gasteiger partial charge in [-0.1, -0.05) is 6.92 Å². The molecule has 0 fully saturated rings. The van der Waals surface area contributed by atoms with E-state index in [4.69, 9.17) is 4.74 Å². The Morgan fingerprint density at radius 3 is 2.30 bits per heavy atom. The zero-order chi connectivity index (χ0) is 15.0. The maximum absolute atomic E-state index is 5.54. The van der Waals surface area contributed by atoms with Crippen LogP contribution in [0.3, 0.4) is 0 Å². The molecule has 0 radical (unpaired) electrons. The van der Waals surface area contributed by atoms with Crippen LogP contribution in [0.2, 0.25) is 0 Å². The van der Waals surface area contributed by atoms with Crippen LogP contribution in [0.5, 0.6) is 6.01 Å². The van der Waals surface area contributed by atoms with Gasteiger partial charge >= 0.3 is 6.01 Å². The normalized spacial score (nSPS) is 10.9. The van der Waals surface area contributed by atoms with Gasteiger partial charge in [-0.3, -0.25) is 0 Å². The minimum Gasteiger partial charge on any atom is -0.461 e. The fourth-order valence-electron chi connectivity index (χ4n) is 1.45. The van der Waals surface area contributed by atoms with Gasteiger partial charge < -0.3 is 20.3 Å². The van der Waals surface area contributed by atoms with E-state index in [0.29, 0.717) is 17.9 Å². The van der Waals surface area contributed by atoms with Gasteiger partial charge in [0.2, 0.25) is 11.9 Å². The van der Waals surface area contributed by atoms with Crippen molar-refractivity contribution in [1.82, 2.24) is 19.9 Å². The Morgan fingerprint density at radius 1 is 1.10 bits per heavy atom. The van der Waals surface area contributed by atoms with Gasteiger partial charge in [0.15, 0.2) is 0 Å². The highest BCUT2D eigenvalue weighted by atomic mass is 16.5. The molecule has 2 N–H and O–H groups in total. The molecule has 0 bridgehead atoms. The number of hydrogen-bond acceptors (Lipinski definition) is 7. The van der Waals surface area contributed by atoms with Crippen LogP contribution < -0.4 is 15.4 Å². The van der Waals surface area contributed by atoms with E-state index in [0.717, 1.165) is 26.2 Å². The first-order valence-corrected chi connectivity index (χ1v) is 7.14. The lowest BCUT2D eigenvalue weighted by molar-refractivity contribution is 0.222. The van der Waals surface area contributed by atoms with Crippen molar-refractivity contribution in [2.24, 2.45) is 0 Å². The molecule has 1 rings (SSSR count). The maximum atomic E-state index is 5.54. The van der Waals surface area contributed by atoms with E-state index in [2.05, 4.69) is 44.5 Å². The van der Waals surface area contributed by atoms with Gasteiger partial charge in [-0.15, -0.1) is 0 Å². The Bertz CT molecular complexity index is 398. The zero-order valence-electron chi connectivity index (χ0n) is 13.1. The van der Waals surface area contributed by atoms with Crippen LogP contribution in [0.15, 0.2) is 0 Å². The lowest BCUT2D eigenvalue weighted by Crippen LogP contribution is -2.25. The van der Waals surface area contributed by atoms with Gasteiger partial charge in [0.1, 0.15) is 0 Å². The number of aromatic nitrogens is 3. The summed E-state index contributed by atoms with van der Waals surface area (Å²) in [5, 5.41) is 6.28. The summed E-state index contributed by atoms with van der Waals surface area (Å²) in [6, 6.07) is 0.345. The number of rotatable bonds is 9. The highest BCUT2D eigenvalue weighted by molar-refractivity contribution is 5.35. The first kappa shape index (κ1) is 16.4. The second kappa shape index (κ2) is 8.52. The van der Waals surface area contributed by atoms with Crippen molar-refractivity contribution in [3.8, 4) is 6.01 Å². The second-order valence-corrected chi connectivity index (χ2v) is 4.78. The third-order valence-corrected chi connectivity index (χ3v) is 2.61. The van der Waals surface area contributed by atoms with E-state index in [1.165, 1.54) is 0 Å². The Kier molecular flexibility index (Phi) is 7.00. The molecule has 0 saturated carbocycles. The van der Waals surface area contributed by atoms with E-state index in [1.807, 2.05) is 20.8 Å². The topological polar surface area (TPSA) is 75.2 Å². The average Bonchev–Trinajstić information content (AvgIpc) is 2.37. The molecule has 0 spiro atoms. The van der Waals surface area contributed by atoms with Crippen LogP contribution in [0, 0.1) is 0 Å². The van der Waals surface area contributed by atoms with Crippen LogP contribution in [-0.2, 0) is 0 Å². The molecule has 1 aromatic heterocycles. The summed E-state index contributed by atoms with van der Waals surface area (Å²) in [6.07, 6.45) is 0.0333. The van der Waals surface area contributed by atoms with E-state index < -0.39 is 0 Å². The van der Waals surface area contributed by atoms with Crippen LogP contribution in [-0.4, -0.2) is 59.2 Å². The molecular formula is C13H26N6O. The third-order valence-electron chi connectivity index (χ3n) is 2.61. The van der Waals surface area contributed by atoms with E-state index in [1.54, 1.807) is 0 Å². The van der Waals surface area contributed by atoms with Gasteiger partial charge in [0.05, 0.1) is 6.10 Å². The maximum Gasteiger partial charge on any atom is 0.323 e. The minimum atomic E-state index is 0.0333. The van der Waals surface area contributed by atoms with Crippen molar-refractivity contribution in [3.05, 3.63) is 0 Å². The quantitative estimate of drug-likeness (QED) is 0.710. The lowest BCUT2D eigenvalue weighted by Gasteiger charge is -2.15. The van der Waals surface area contributed by atoms with Crippen molar-refractivity contribution >= 4 is 11.9 Å². The summed E-state index contributed by atoms with van der Waals surface area (Å²) in [4.78, 5) is 15.0. The number of hydrogen-bond donors (Lipinski definition) is 2. The Morgan fingerprint density at radius 2 is 1.75 bits per heavy atom. The lowest BCUT2D eigenvalue weighted by atomic mass is 10.5. The number of nitrogens with zero attached hydrogens (tertiary/aromatic N) is 4. The van der Waals surface area contributed by atoms with Crippen molar-refractivity contribution in [2.75, 3.05) is 43.9 Å². The van der Waals surface area contributed by atoms with Crippen LogP contribution in [0.4, 0.5) is 11.9 Å². The molecule has 20 heavy (non-hydrogen) atoms. The van der Waals surface area contributed by atoms with Crippen LogP contribution >= 0.6 is 0 Å². The van der Waals surface area contributed by atoms with Crippen molar-refractivity contribution in [2.45, 2.75) is 33.8 Å². The van der Waals surface area contributed by atoms with Gasteiger partial charge in [-0.2, -0.15) is 15.0 Å². The summed E-state index contributed by atoms with van der Waals surface area (Å²) in [5.41, 5.74) is 0. The molecule has 0 aliphatic rings. The van der Waals surface area contributed by atoms with Crippen LogP contribution in [0.1, 0.15) is 27.7 Å². The summed E-state index contributed by atoms with van der Waals surface area (Å²) in [6.45, 7) is 11.5. The smallest absolute Gasteiger partial charge is 0.323 e. The van der Waals surface area contributed by atoms with E-state index >= 15 is 0 Å². The Labute approximate surface area is 121 Å². The summed E-state index contributed by atoms with van der Waals surface area (Å²) >= 11 is 0. The molecular weight excluding hydrogens is 256 g/mol. The molecule has 0 amide bonds. The molecule has 0 unspecified atom stereocenters. The predicted molar refractivity (Wildman–Crippen MR) is 81.4 cm³/mol. The standard InChI is InChI=1S/C13H26N6O/c1-6-14-11-16-12(15-8-9-19(5)7-2)18-13(17-11)20-10(3)4/h10H,6-9H2,1-5H3,(H2,14,15,16,17,18). The molecule has 0 aliphatic carbocycles. The van der Waals surface area contributed by atoms with Gasteiger partial charge in [0, 0.05) is 19.6 Å². The molecule has 0 saturated heterocycles. The summed E-state index contributed by atoms with van der Waals surface area (Å²) in [5.74, 6) is 1.07. The number of ether oxygens (including phenoxy) is 1. The largest absolute Gasteiger partial charge is 0.461 e. The average molecular weight is 282 g/mol. The SMILES string of the molecule is CCNc1nc(NCCN(C)CC)nc(OC(C)C)n1. The first-order valence-electron chi connectivity index (χ1n) is 7.14. The number of likely N-dealkylation sites (N-methyl/N-ethyl adjacent to an activating group) is 1. The summed E-state index contributed by atoms with van der Waals surface area (Å²) in [7, 11) is 2.08. The molecule has 0 aromatic carbocycles. The Balaban J connectivity index is 2.69. The highest BCUT2D eigenvalue weighted by Gasteiger charge is 2.08. The van der Waals surface area contributed by atoms with Crippen molar-refractivity contribution in [1.29, 1.82) is 0 Å². The molecule has 7 nitrogen and oxygen atoms in total. The van der Waals surface area contributed by atoms with Gasteiger partial charge in [-0.05, 0) is 34.4 Å². The second-order valence-electron chi connectivity index (χ2n) is 4.78. The predicted octanol–water partition coefficient (Wildman–Crippen LogP) is 1.45. The Hall–Kier alpha value is -1.63. The molecule has 1 aromatic rings. The minimum absolute atomic E-state index is 0.0333.